The number of benzene rings is 3. The normalized spacial score (nSPS) is 11.9. The molecule has 0 spiro atoms. The van der Waals surface area contributed by atoms with Crippen molar-refractivity contribution in [2.24, 2.45) is 5.92 Å². The molecule has 3 rings (SSSR count). The van der Waals surface area contributed by atoms with Crippen molar-refractivity contribution in [3.05, 3.63) is 89.2 Å². The summed E-state index contributed by atoms with van der Waals surface area (Å²) in [4.78, 5) is 12.5. The first-order chi connectivity index (χ1) is 16.5. The highest BCUT2D eigenvalue weighted by atomic mass is 19.1. The zero-order valence-corrected chi connectivity index (χ0v) is 20.8. The van der Waals surface area contributed by atoms with E-state index in [4.69, 9.17) is 4.74 Å². The first-order valence-corrected chi connectivity index (χ1v) is 12.7. The van der Waals surface area contributed by atoms with E-state index in [0.717, 1.165) is 36.0 Å². The molecule has 0 heterocycles. The van der Waals surface area contributed by atoms with Crippen LogP contribution in [0, 0.1) is 11.7 Å². The fraction of sp³-hybridized carbons (Fsp3) is 0.387. The third-order valence-electron chi connectivity index (χ3n) is 6.46. The number of ether oxygens (including phenoxy) is 1. The van der Waals surface area contributed by atoms with Crippen molar-refractivity contribution in [3.63, 3.8) is 0 Å². The molecule has 1 atom stereocenters. The van der Waals surface area contributed by atoms with Gasteiger partial charge in [0.25, 0.3) is 0 Å². The SMILES string of the molecule is CCCCCCCc1ccc(-c2ccc(C(=O)Oc3ccc(CC(C)CC)cc3F)cc2)cc1. The zero-order chi connectivity index (χ0) is 24.3. The Morgan fingerprint density at radius 3 is 2.06 bits per heavy atom. The van der Waals surface area contributed by atoms with Crippen LogP contribution in [0.2, 0.25) is 0 Å². The Bertz CT molecular complexity index is 1040. The van der Waals surface area contributed by atoms with Crippen LogP contribution in [0.15, 0.2) is 66.7 Å². The van der Waals surface area contributed by atoms with Crippen LogP contribution < -0.4 is 4.74 Å². The fourth-order valence-corrected chi connectivity index (χ4v) is 4.05. The molecule has 2 nitrogen and oxygen atoms in total. The van der Waals surface area contributed by atoms with Crippen molar-refractivity contribution in [1.29, 1.82) is 0 Å². The van der Waals surface area contributed by atoms with Gasteiger partial charge in [0.05, 0.1) is 5.56 Å². The van der Waals surface area contributed by atoms with Crippen molar-refractivity contribution < 1.29 is 13.9 Å². The molecule has 0 N–H and O–H groups in total. The zero-order valence-electron chi connectivity index (χ0n) is 20.8. The lowest BCUT2D eigenvalue weighted by Crippen LogP contribution is -2.09. The van der Waals surface area contributed by atoms with E-state index in [1.54, 1.807) is 18.2 Å². The number of carbonyl (C=O) groups excluding carboxylic acids is 1. The van der Waals surface area contributed by atoms with E-state index in [2.05, 4.69) is 45.0 Å². The van der Waals surface area contributed by atoms with Crippen LogP contribution in [-0.4, -0.2) is 5.97 Å². The standard InChI is InChI=1S/C31H37FO2/c1-4-6-7-8-9-10-24-11-14-26(15-12-24)27-16-18-28(19-17-27)31(33)34-30-20-13-25(22-29(30)32)21-23(3)5-2/h11-20,22-23H,4-10,21H2,1-3H3. The van der Waals surface area contributed by atoms with E-state index >= 15 is 0 Å². The minimum atomic E-state index is -0.557. The maximum Gasteiger partial charge on any atom is 0.343 e. The van der Waals surface area contributed by atoms with E-state index in [0.29, 0.717) is 11.5 Å². The Morgan fingerprint density at radius 2 is 1.44 bits per heavy atom. The molecule has 34 heavy (non-hydrogen) atoms. The van der Waals surface area contributed by atoms with E-state index in [1.807, 2.05) is 18.2 Å². The number of halogens is 1. The van der Waals surface area contributed by atoms with Crippen molar-refractivity contribution in [3.8, 4) is 16.9 Å². The van der Waals surface area contributed by atoms with E-state index < -0.39 is 11.8 Å². The topological polar surface area (TPSA) is 26.3 Å². The van der Waals surface area contributed by atoms with E-state index in [1.165, 1.54) is 43.7 Å². The average Bonchev–Trinajstić information content (AvgIpc) is 2.86. The van der Waals surface area contributed by atoms with Gasteiger partial charge in [0.15, 0.2) is 11.6 Å². The number of carbonyl (C=O) groups is 1. The van der Waals surface area contributed by atoms with Gasteiger partial charge in [-0.1, -0.05) is 95.3 Å². The lowest BCUT2D eigenvalue weighted by Gasteiger charge is -2.11. The minimum Gasteiger partial charge on any atom is -0.420 e. The molecule has 0 saturated carbocycles. The molecule has 0 fully saturated rings. The molecule has 0 aromatic heterocycles. The summed E-state index contributed by atoms with van der Waals surface area (Å²) in [7, 11) is 0. The molecule has 3 aromatic carbocycles. The van der Waals surface area contributed by atoms with Crippen LogP contribution in [0.4, 0.5) is 4.39 Å². The Labute approximate surface area is 204 Å². The highest BCUT2D eigenvalue weighted by Gasteiger charge is 2.13. The van der Waals surface area contributed by atoms with Crippen LogP contribution in [0.5, 0.6) is 5.75 Å². The van der Waals surface area contributed by atoms with Gasteiger partial charge in [-0.05, 0) is 71.7 Å². The van der Waals surface area contributed by atoms with Gasteiger partial charge in [-0.3, -0.25) is 0 Å². The highest BCUT2D eigenvalue weighted by Crippen LogP contribution is 2.24. The largest absolute Gasteiger partial charge is 0.420 e. The molecule has 0 aliphatic carbocycles. The maximum atomic E-state index is 14.5. The monoisotopic (exact) mass is 460 g/mol. The number of unbranched alkanes of at least 4 members (excludes halogenated alkanes) is 4. The second kappa shape index (κ2) is 13.1. The molecule has 0 amide bonds. The summed E-state index contributed by atoms with van der Waals surface area (Å²) < 4.78 is 19.8. The molecule has 180 valence electrons. The van der Waals surface area contributed by atoms with Crippen LogP contribution in [0.3, 0.4) is 0 Å². The lowest BCUT2D eigenvalue weighted by molar-refractivity contribution is 0.0728. The Balaban J connectivity index is 1.57. The highest BCUT2D eigenvalue weighted by molar-refractivity contribution is 5.91. The molecular formula is C31H37FO2. The summed E-state index contributed by atoms with van der Waals surface area (Å²) in [6.45, 7) is 6.49. The number of esters is 1. The number of rotatable bonds is 12. The van der Waals surface area contributed by atoms with Gasteiger partial charge in [-0.2, -0.15) is 0 Å². The van der Waals surface area contributed by atoms with Crippen LogP contribution >= 0.6 is 0 Å². The number of hydrogen-bond acceptors (Lipinski definition) is 2. The first-order valence-electron chi connectivity index (χ1n) is 12.7. The average molecular weight is 461 g/mol. The van der Waals surface area contributed by atoms with Gasteiger partial charge < -0.3 is 4.74 Å². The van der Waals surface area contributed by atoms with E-state index in [-0.39, 0.29) is 5.75 Å². The first kappa shape index (κ1) is 25.7. The molecule has 0 aliphatic heterocycles. The van der Waals surface area contributed by atoms with Crippen LogP contribution in [0.25, 0.3) is 11.1 Å². The maximum absolute atomic E-state index is 14.5. The molecule has 3 aromatic rings. The van der Waals surface area contributed by atoms with Gasteiger partial charge in [0.1, 0.15) is 0 Å². The number of aryl methyl sites for hydroxylation is 1. The van der Waals surface area contributed by atoms with Crippen molar-refractivity contribution in [2.75, 3.05) is 0 Å². The quantitative estimate of drug-likeness (QED) is 0.153. The Kier molecular flexibility index (Phi) is 9.88. The molecule has 0 radical (unpaired) electrons. The van der Waals surface area contributed by atoms with Crippen molar-refractivity contribution >= 4 is 5.97 Å². The summed E-state index contributed by atoms with van der Waals surface area (Å²) in [5.41, 5.74) is 4.82. The molecule has 1 unspecified atom stereocenters. The minimum absolute atomic E-state index is 0.0349. The lowest BCUT2D eigenvalue weighted by atomic mass is 9.99. The van der Waals surface area contributed by atoms with Crippen molar-refractivity contribution in [2.45, 2.75) is 72.1 Å². The third-order valence-corrected chi connectivity index (χ3v) is 6.46. The fourth-order valence-electron chi connectivity index (χ4n) is 4.05. The second-order valence-electron chi connectivity index (χ2n) is 9.31. The van der Waals surface area contributed by atoms with Gasteiger partial charge in [-0.25, -0.2) is 9.18 Å². The smallest absolute Gasteiger partial charge is 0.343 e. The number of hydrogen-bond donors (Lipinski definition) is 0. The van der Waals surface area contributed by atoms with Crippen LogP contribution in [0.1, 0.15) is 80.8 Å². The molecule has 0 saturated heterocycles. The summed E-state index contributed by atoms with van der Waals surface area (Å²) in [5, 5.41) is 0. The van der Waals surface area contributed by atoms with Crippen LogP contribution in [-0.2, 0) is 12.8 Å². The predicted molar refractivity (Wildman–Crippen MR) is 139 cm³/mol. The van der Waals surface area contributed by atoms with Gasteiger partial charge in [0.2, 0.25) is 0 Å². The summed E-state index contributed by atoms with van der Waals surface area (Å²) in [6, 6.07) is 20.7. The predicted octanol–water partition coefficient (Wildman–Crippen LogP) is 8.81. The van der Waals surface area contributed by atoms with Gasteiger partial charge in [-0.15, -0.1) is 0 Å². The molecule has 0 aliphatic rings. The summed E-state index contributed by atoms with van der Waals surface area (Å²) in [6.07, 6.45) is 9.40. The van der Waals surface area contributed by atoms with Crippen molar-refractivity contribution in [1.82, 2.24) is 0 Å². The summed E-state index contributed by atoms with van der Waals surface area (Å²) >= 11 is 0. The Morgan fingerprint density at radius 1 is 0.824 bits per heavy atom. The second-order valence-corrected chi connectivity index (χ2v) is 9.31. The van der Waals surface area contributed by atoms with E-state index in [9.17, 15) is 9.18 Å². The van der Waals surface area contributed by atoms with Gasteiger partial charge >= 0.3 is 5.97 Å². The molecular weight excluding hydrogens is 423 g/mol. The molecule has 3 heteroatoms. The Hall–Kier alpha value is -2.94. The van der Waals surface area contributed by atoms with Gasteiger partial charge in [0, 0.05) is 0 Å². The molecule has 0 bridgehead atoms. The third kappa shape index (κ3) is 7.55. The summed E-state index contributed by atoms with van der Waals surface area (Å²) in [5.74, 6) is -0.611.